The van der Waals surface area contributed by atoms with Gasteiger partial charge in [-0.1, -0.05) is 48.2 Å². The van der Waals surface area contributed by atoms with Crippen molar-refractivity contribution in [1.29, 1.82) is 0 Å². The van der Waals surface area contributed by atoms with E-state index in [4.69, 9.17) is 4.74 Å². The Hall–Kier alpha value is -3.58. The van der Waals surface area contributed by atoms with Gasteiger partial charge in [-0.15, -0.1) is 0 Å². The first kappa shape index (κ1) is 15.9. The van der Waals surface area contributed by atoms with E-state index in [9.17, 15) is 4.79 Å². The van der Waals surface area contributed by atoms with Gasteiger partial charge in [-0.2, -0.15) is 0 Å². The summed E-state index contributed by atoms with van der Waals surface area (Å²) in [5, 5.41) is 2.88. The number of amides is 1. The zero-order valence-corrected chi connectivity index (χ0v) is 13.9. The number of nitrogens with zero attached hydrogens (tertiary/aromatic N) is 1. The molecule has 26 heavy (non-hydrogen) atoms. The van der Waals surface area contributed by atoms with Crippen LogP contribution in [-0.4, -0.2) is 11.1 Å². The predicted molar refractivity (Wildman–Crippen MR) is 98.2 cm³/mol. The van der Waals surface area contributed by atoms with Crippen LogP contribution in [0.5, 0.6) is 0 Å². The zero-order chi connectivity index (χ0) is 17.8. The van der Waals surface area contributed by atoms with Crippen LogP contribution in [0.3, 0.4) is 0 Å². The van der Waals surface area contributed by atoms with Crippen molar-refractivity contribution in [1.82, 2.24) is 10.3 Å². The van der Waals surface area contributed by atoms with Gasteiger partial charge in [0.1, 0.15) is 0 Å². The van der Waals surface area contributed by atoms with Gasteiger partial charge in [0.05, 0.1) is 6.04 Å². The minimum atomic E-state index is -0.426. The van der Waals surface area contributed by atoms with Crippen LogP contribution in [0, 0.1) is 11.8 Å². The lowest BCUT2D eigenvalue weighted by molar-refractivity contribution is 0.132. The number of carbonyl (C=O) groups is 1. The average molecular weight is 340 g/mol. The monoisotopic (exact) mass is 340 g/mol. The molecule has 4 heteroatoms. The number of carbonyl (C=O) groups excluding carboxylic acids is 1. The number of benzene rings is 2. The lowest BCUT2D eigenvalue weighted by Crippen LogP contribution is -2.19. The third kappa shape index (κ3) is 3.42. The van der Waals surface area contributed by atoms with Gasteiger partial charge < -0.3 is 10.1 Å². The molecule has 0 bridgehead atoms. The Balaban J connectivity index is 1.63. The van der Waals surface area contributed by atoms with Crippen LogP contribution in [0.25, 0.3) is 0 Å². The van der Waals surface area contributed by atoms with Crippen LogP contribution in [0.1, 0.15) is 34.4 Å². The highest BCUT2D eigenvalue weighted by molar-refractivity contribution is 5.71. The smallest absolute Gasteiger partial charge is 0.408 e. The number of rotatable bonds is 2. The molecule has 0 spiro atoms. The summed E-state index contributed by atoms with van der Waals surface area (Å²) in [5.41, 5.74) is 3.65. The first-order chi connectivity index (χ1) is 12.8. The van der Waals surface area contributed by atoms with Crippen molar-refractivity contribution in [3.05, 3.63) is 101 Å². The highest BCUT2D eigenvalue weighted by atomic mass is 16.6. The third-order valence-corrected chi connectivity index (χ3v) is 4.19. The van der Waals surface area contributed by atoms with Crippen LogP contribution in [0.4, 0.5) is 4.79 Å². The second-order valence-corrected chi connectivity index (χ2v) is 5.98. The minimum absolute atomic E-state index is 0.273. The van der Waals surface area contributed by atoms with E-state index >= 15 is 0 Å². The number of ether oxygens (including phenoxy) is 1. The van der Waals surface area contributed by atoms with E-state index < -0.39 is 12.2 Å². The Bertz CT molecular complexity index is 975. The van der Waals surface area contributed by atoms with Gasteiger partial charge >= 0.3 is 6.09 Å². The van der Waals surface area contributed by atoms with Crippen molar-refractivity contribution in [3.8, 4) is 11.8 Å². The molecule has 1 aromatic heterocycles. The fourth-order valence-electron chi connectivity index (χ4n) is 2.96. The van der Waals surface area contributed by atoms with Crippen molar-refractivity contribution in [3.63, 3.8) is 0 Å². The molecule has 1 aliphatic heterocycles. The molecule has 1 saturated heterocycles. The molecule has 3 aromatic rings. The van der Waals surface area contributed by atoms with Crippen LogP contribution in [-0.2, 0) is 4.74 Å². The molecular weight excluding hydrogens is 324 g/mol. The first-order valence-corrected chi connectivity index (χ1v) is 8.34. The van der Waals surface area contributed by atoms with Crippen molar-refractivity contribution >= 4 is 6.09 Å². The summed E-state index contributed by atoms with van der Waals surface area (Å²) in [4.78, 5) is 15.9. The van der Waals surface area contributed by atoms with Crippen molar-refractivity contribution < 1.29 is 9.53 Å². The summed E-state index contributed by atoms with van der Waals surface area (Å²) in [5.74, 6) is 6.33. The summed E-state index contributed by atoms with van der Waals surface area (Å²) < 4.78 is 5.46. The van der Waals surface area contributed by atoms with Gasteiger partial charge in [0.15, 0.2) is 6.10 Å². The van der Waals surface area contributed by atoms with E-state index in [0.717, 1.165) is 22.3 Å². The van der Waals surface area contributed by atoms with E-state index in [1.54, 1.807) is 12.4 Å². The summed E-state index contributed by atoms with van der Waals surface area (Å²) in [6, 6.07) is 21.2. The van der Waals surface area contributed by atoms with Crippen molar-refractivity contribution in [2.24, 2.45) is 0 Å². The molecular formula is C22H16N2O2. The van der Waals surface area contributed by atoms with E-state index in [1.807, 2.05) is 66.7 Å². The number of hydrogen-bond acceptors (Lipinski definition) is 3. The molecule has 1 N–H and O–H groups in total. The molecule has 4 nitrogen and oxygen atoms in total. The average Bonchev–Trinajstić information content (AvgIpc) is 3.10. The molecule has 0 radical (unpaired) electrons. The second kappa shape index (κ2) is 7.12. The number of nitrogens with one attached hydrogen (secondary N) is 1. The molecule has 2 heterocycles. The maximum atomic E-state index is 11.8. The number of cyclic esters (lactones) is 1. The Kier molecular flexibility index (Phi) is 4.36. The Labute approximate surface area is 151 Å². The number of alkyl carbamates (subject to hydrolysis) is 1. The fourth-order valence-corrected chi connectivity index (χ4v) is 2.96. The van der Waals surface area contributed by atoms with Gasteiger partial charge in [-0.25, -0.2) is 4.79 Å². The van der Waals surface area contributed by atoms with Crippen LogP contribution < -0.4 is 5.32 Å². The van der Waals surface area contributed by atoms with E-state index in [0.29, 0.717) is 0 Å². The van der Waals surface area contributed by atoms with Gasteiger partial charge in [0, 0.05) is 29.1 Å². The number of hydrogen-bond donors (Lipinski definition) is 1. The van der Waals surface area contributed by atoms with Crippen LogP contribution >= 0.6 is 0 Å². The third-order valence-electron chi connectivity index (χ3n) is 4.19. The number of aromatic nitrogens is 1. The summed E-state index contributed by atoms with van der Waals surface area (Å²) in [6.07, 6.45) is 2.58. The maximum Gasteiger partial charge on any atom is 0.408 e. The van der Waals surface area contributed by atoms with Crippen molar-refractivity contribution in [2.75, 3.05) is 0 Å². The summed E-state index contributed by atoms with van der Waals surface area (Å²) in [7, 11) is 0. The molecule has 0 aliphatic carbocycles. The highest BCUT2D eigenvalue weighted by Crippen LogP contribution is 2.36. The van der Waals surface area contributed by atoms with E-state index in [1.165, 1.54) is 0 Å². The Morgan fingerprint density at radius 2 is 1.65 bits per heavy atom. The predicted octanol–water partition coefficient (Wildman–Crippen LogP) is 4.00. The maximum absolute atomic E-state index is 11.8. The standard InChI is InChI=1S/C22H16N2O2/c25-22-24-20(21(26-22)19-10-5-13-23-15-19)18-9-4-8-17(14-18)12-11-16-6-2-1-3-7-16/h1-10,13-15,20-21H,(H,24,25)/t20-,21-/m0/s1. The lowest BCUT2D eigenvalue weighted by Gasteiger charge is -2.17. The van der Waals surface area contributed by atoms with Crippen LogP contribution in [0.15, 0.2) is 79.1 Å². The zero-order valence-electron chi connectivity index (χ0n) is 13.9. The molecule has 0 saturated carbocycles. The largest absolute Gasteiger partial charge is 0.439 e. The minimum Gasteiger partial charge on any atom is -0.439 e. The molecule has 2 atom stereocenters. The topological polar surface area (TPSA) is 51.2 Å². The molecule has 0 unspecified atom stereocenters. The van der Waals surface area contributed by atoms with Gasteiger partial charge in [-0.05, 0) is 35.9 Å². The Morgan fingerprint density at radius 1 is 0.885 bits per heavy atom. The molecule has 1 amide bonds. The normalized spacial score (nSPS) is 18.4. The molecule has 2 aromatic carbocycles. The van der Waals surface area contributed by atoms with Gasteiger partial charge in [0.25, 0.3) is 0 Å². The molecule has 4 rings (SSSR count). The van der Waals surface area contributed by atoms with E-state index in [2.05, 4.69) is 22.1 Å². The van der Waals surface area contributed by atoms with Gasteiger partial charge in [-0.3, -0.25) is 4.98 Å². The summed E-state index contributed by atoms with van der Waals surface area (Å²) in [6.45, 7) is 0. The molecule has 1 aliphatic rings. The lowest BCUT2D eigenvalue weighted by atomic mass is 9.96. The first-order valence-electron chi connectivity index (χ1n) is 8.34. The van der Waals surface area contributed by atoms with Crippen molar-refractivity contribution in [2.45, 2.75) is 12.1 Å². The second-order valence-electron chi connectivity index (χ2n) is 5.98. The molecule has 1 fully saturated rings. The van der Waals surface area contributed by atoms with Crippen LogP contribution in [0.2, 0.25) is 0 Å². The quantitative estimate of drug-likeness (QED) is 0.717. The number of pyridine rings is 1. The van der Waals surface area contributed by atoms with Gasteiger partial charge in [0.2, 0.25) is 0 Å². The SMILES string of the molecule is O=C1N[C@@H](c2cccc(C#Cc3ccccc3)c2)[C@H](c2cccnc2)O1. The summed E-state index contributed by atoms with van der Waals surface area (Å²) >= 11 is 0. The van der Waals surface area contributed by atoms with E-state index in [-0.39, 0.29) is 6.04 Å². The Morgan fingerprint density at radius 3 is 2.46 bits per heavy atom. The highest BCUT2D eigenvalue weighted by Gasteiger charge is 2.36. The fraction of sp³-hybridized carbons (Fsp3) is 0.0909. The molecule has 126 valence electrons.